The fraction of sp³-hybridized carbons (Fsp3) is 0.316. The van der Waals surface area contributed by atoms with Crippen LogP contribution in [0, 0.1) is 13.8 Å². The minimum atomic E-state index is -2.67. The van der Waals surface area contributed by atoms with Crippen molar-refractivity contribution in [1.29, 1.82) is 0 Å². The second-order valence-electron chi connectivity index (χ2n) is 5.64. The Bertz CT molecular complexity index is 729. The molecular formula is C19H21F2NO2. The lowest BCUT2D eigenvalue weighted by Crippen LogP contribution is -2.14. The van der Waals surface area contributed by atoms with E-state index in [0.29, 0.717) is 11.3 Å². The van der Waals surface area contributed by atoms with E-state index in [1.165, 1.54) is 6.07 Å². The molecule has 0 fully saturated rings. The van der Waals surface area contributed by atoms with E-state index in [1.54, 1.807) is 19.1 Å². The number of nitrogens with one attached hydrogen (secondary N) is 1. The van der Waals surface area contributed by atoms with Crippen molar-refractivity contribution in [3.8, 4) is 5.75 Å². The van der Waals surface area contributed by atoms with Crippen molar-refractivity contribution in [2.75, 3.05) is 5.32 Å². The van der Waals surface area contributed by atoms with Crippen LogP contribution in [0.4, 0.5) is 14.5 Å². The summed E-state index contributed by atoms with van der Waals surface area (Å²) in [5, 5.41) is 2.57. The van der Waals surface area contributed by atoms with Crippen LogP contribution in [0.2, 0.25) is 0 Å². The molecule has 0 saturated carbocycles. The van der Waals surface area contributed by atoms with E-state index in [9.17, 15) is 13.6 Å². The largest absolute Gasteiger partial charge is 0.489 e. The molecule has 128 valence electrons. The third-order valence-corrected chi connectivity index (χ3v) is 3.72. The maximum absolute atomic E-state index is 13.2. The molecule has 0 heterocycles. The molecule has 1 amide bonds. The van der Waals surface area contributed by atoms with Crippen LogP contribution in [0.5, 0.6) is 5.75 Å². The molecule has 0 atom stereocenters. The SMILES string of the molecule is CCC(=O)Nc1c(COc2ccc(C)cc2C)cccc1C(F)F. The average molecular weight is 333 g/mol. The van der Waals surface area contributed by atoms with Gasteiger partial charge >= 0.3 is 0 Å². The number of hydrogen-bond acceptors (Lipinski definition) is 2. The quantitative estimate of drug-likeness (QED) is 0.792. The van der Waals surface area contributed by atoms with Gasteiger partial charge in [-0.3, -0.25) is 4.79 Å². The number of carbonyl (C=O) groups excluding carboxylic acids is 1. The number of ether oxygens (including phenoxy) is 1. The topological polar surface area (TPSA) is 38.3 Å². The summed E-state index contributed by atoms with van der Waals surface area (Å²) in [6.07, 6.45) is -2.45. The molecule has 0 radical (unpaired) electrons. The number of anilines is 1. The van der Waals surface area contributed by atoms with Crippen LogP contribution in [0.25, 0.3) is 0 Å². The zero-order chi connectivity index (χ0) is 17.7. The zero-order valence-corrected chi connectivity index (χ0v) is 14.0. The number of aryl methyl sites for hydroxylation is 2. The Labute approximate surface area is 140 Å². The van der Waals surface area contributed by atoms with E-state index in [0.717, 1.165) is 11.1 Å². The molecule has 3 nitrogen and oxygen atoms in total. The van der Waals surface area contributed by atoms with Gasteiger partial charge in [0.05, 0.1) is 5.69 Å². The first-order chi connectivity index (χ1) is 11.4. The van der Waals surface area contributed by atoms with Gasteiger partial charge in [-0.25, -0.2) is 8.78 Å². The van der Waals surface area contributed by atoms with Crippen molar-refractivity contribution >= 4 is 11.6 Å². The highest BCUT2D eigenvalue weighted by Gasteiger charge is 2.18. The number of halogens is 2. The number of benzene rings is 2. The van der Waals surface area contributed by atoms with Crippen molar-refractivity contribution in [1.82, 2.24) is 0 Å². The summed E-state index contributed by atoms with van der Waals surface area (Å²) in [4.78, 5) is 11.7. The van der Waals surface area contributed by atoms with Crippen LogP contribution in [0.3, 0.4) is 0 Å². The summed E-state index contributed by atoms with van der Waals surface area (Å²) in [5.41, 5.74) is 2.56. The highest BCUT2D eigenvalue weighted by atomic mass is 19.3. The van der Waals surface area contributed by atoms with E-state index < -0.39 is 6.43 Å². The Balaban J connectivity index is 2.28. The molecule has 2 aromatic carbocycles. The first-order valence-electron chi connectivity index (χ1n) is 7.82. The Kier molecular flexibility index (Phi) is 5.90. The van der Waals surface area contributed by atoms with Crippen LogP contribution in [0.1, 0.15) is 42.0 Å². The van der Waals surface area contributed by atoms with Gasteiger partial charge in [-0.05, 0) is 25.5 Å². The van der Waals surface area contributed by atoms with Crippen LogP contribution >= 0.6 is 0 Å². The van der Waals surface area contributed by atoms with Gasteiger partial charge < -0.3 is 10.1 Å². The fourth-order valence-corrected chi connectivity index (χ4v) is 2.42. The van der Waals surface area contributed by atoms with Gasteiger partial charge in [0.1, 0.15) is 12.4 Å². The molecule has 0 aromatic heterocycles. The number of para-hydroxylation sites is 1. The fourth-order valence-electron chi connectivity index (χ4n) is 2.42. The highest BCUT2D eigenvalue weighted by molar-refractivity contribution is 5.92. The second kappa shape index (κ2) is 7.90. The molecule has 0 aliphatic heterocycles. The lowest BCUT2D eigenvalue weighted by Gasteiger charge is -2.16. The smallest absolute Gasteiger partial charge is 0.265 e. The number of alkyl halides is 2. The summed E-state index contributed by atoms with van der Waals surface area (Å²) in [7, 11) is 0. The summed E-state index contributed by atoms with van der Waals surface area (Å²) >= 11 is 0. The van der Waals surface area contributed by atoms with Crippen LogP contribution in [-0.2, 0) is 11.4 Å². The molecule has 0 spiro atoms. The van der Waals surface area contributed by atoms with Crippen molar-refractivity contribution in [2.45, 2.75) is 40.2 Å². The van der Waals surface area contributed by atoms with Gasteiger partial charge in [-0.1, -0.05) is 42.8 Å². The second-order valence-corrected chi connectivity index (χ2v) is 5.64. The molecule has 0 aliphatic carbocycles. The van der Waals surface area contributed by atoms with Gasteiger partial charge in [0.25, 0.3) is 6.43 Å². The van der Waals surface area contributed by atoms with E-state index >= 15 is 0 Å². The number of rotatable bonds is 6. The number of carbonyl (C=O) groups is 1. The normalized spacial score (nSPS) is 10.8. The van der Waals surface area contributed by atoms with Crippen molar-refractivity contribution in [3.63, 3.8) is 0 Å². The maximum atomic E-state index is 13.2. The van der Waals surface area contributed by atoms with E-state index in [-0.39, 0.29) is 30.2 Å². The van der Waals surface area contributed by atoms with E-state index in [2.05, 4.69) is 5.32 Å². The third-order valence-electron chi connectivity index (χ3n) is 3.72. The summed E-state index contributed by atoms with van der Waals surface area (Å²) in [6, 6.07) is 10.3. The van der Waals surface area contributed by atoms with Crippen LogP contribution in [0.15, 0.2) is 36.4 Å². The predicted octanol–water partition coefficient (Wildman–Crippen LogP) is 5.17. The van der Waals surface area contributed by atoms with Crippen LogP contribution in [-0.4, -0.2) is 5.91 Å². The molecule has 0 unspecified atom stereocenters. The lowest BCUT2D eigenvalue weighted by atomic mass is 10.1. The van der Waals surface area contributed by atoms with Gasteiger partial charge in [-0.15, -0.1) is 0 Å². The first kappa shape index (κ1) is 17.9. The predicted molar refractivity (Wildman–Crippen MR) is 90.6 cm³/mol. The minimum absolute atomic E-state index is 0.101. The Hall–Kier alpha value is -2.43. The molecule has 24 heavy (non-hydrogen) atoms. The monoisotopic (exact) mass is 333 g/mol. The van der Waals surface area contributed by atoms with Gasteiger partial charge in [0, 0.05) is 17.5 Å². The maximum Gasteiger partial charge on any atom is 0.265 e. The Morgan fingerprint density at radius 3 is 2.58 bits per heavy atom. The molecule has 2 aromatic rings. The third kappa shape index (κ3) is 4.31. The molecule has 0 saturated heterocycles. The molecular weight excluding hydrogens is 312 g/mol. The first-order valence-corrected chi connectivity index (χ1v) is 7.82. The Morgan fingerprint density at radius 1 is 1.21 bits per heavy atom. The van der Waals surface area contributed by atoms with E-state index in [1.807, 2.05) is 32.0 Å². The standard InChI is InChI=1S/C19H21F2NO2/c1-4-17(23)22-18-14(6-5-7-15(18)19(20)21)11-24-16-9-8-12(2)10-13(16)3/h5-10,19H,4,11H2,1-3H3,(H,22,23). The average Bonchev–Trinajstić information content (AvgIpc) is 2.54. The van der Waals surface area contributed by atoms with Crippen molar-refractivity contribution in [2.24, 2.45) is 0 Å². The number of hydrogen-bond donors (Lipinski definition) is 1. The number of amides is 1. The zero-order valence-electron chi connectivity index (χ0n) is 14.0. The van der Waals surface area contributed by atoms with Gasteiger partial charge in [0.15, 0.2) is 0 Å². The van der Waals surface area contributed by atoms with E-state index in [4.69, 9.17) is 4.74 Å². The molecule has 2 rings (SSSR count). The molecule has 0 aliphatic rings. The van der Waals surface area contributed by atoms with Crippen LogP contribution < -0.4 is 10.1 Å². The van der Waals surface area contributed by atoms with Crippen molar-refractivity contribution < 1.29 is 18.3 Å². The summed E-state index contributed by atoms with van der Waals surface area (Å²) < 4.78 is 32.3. The lowest BCUT2D eigenvalue weighted by molar-refractivity contribution is -0.115. The summed E-state index contributed by atoms with van der Waals surface area (Å²) in [6.45, 7) is 5.69. The Morgan fingerprint density at radius 2 is 1.96 bits per heavy atom. The highest BCUT2D eigenvalue weighted by Crippen LogP contribution is 2.31. The van der Waals surface area contributed by atoms with Crippen molar-refractivity contribution in [3.05, 3.63) is 58.7 Å². The van der Waals surface area contributed by atoms with Gasteiger partial charge in [-0.2, -0.15) is 0 Å². The molecule has 5 heteroatoms. The van der Waals surface area contributed by atoms with Gasteiger partial charge in [0.2, 0.25) is 5.91 Å². The molecule has 0 bridgehead atoms. The molecule has 1 N–H and O–H groups in total. The minimum Gasteiger partial charge on any atom is -0.489 e. The summed E-state index contributed by atoms with van der Waals surface area (Å²) in [5.74, 6) is 0.381.